The Bertz CT molecular complexity index is 607. The zero-order chi connectivity index (χ0) is 34.0. The van der Waals surface area contributed by atoms with Crippen LogP contribution in [0.5, 0.6) is 0 Å². The molecule has 3 saturated heterocycles. The molecule has 0 aromatic heterocycles. The molecule has 0 aliphatic carbocycles. The predicted molar refractivity (Wildman–Crippen MR) is 203 cm³/mol. The second kappa shape index (κ2) is 25.7. The summed E-state index contributed by atoms with van der Waals surface area (Å²) in [6.07, 6.45) is 12.8. The lowest BCUT2D eigenvalue weighted by atomic mass is 9.92. The average molecular weight is 643 g/mol. The van der Waals surface area contributed by atoms with Gasteiger partial charge in [0.1, 0.15) is 0 Å². The van der Waals surface area contributed by atoms with E-state index in [9.17, 15) is 0 Å². The summed E-state index contributed by atoms with van der Waals surface area (Å²) < 4.78 is 0. The molecule has 0 aromatic rings. The molecule has 0 amide bonds. The quantitative estimate of drug-likeness (QED) is 0.270. The Kier molecular flexibility index (Phi) is 26.8. The molecule has 0 saturated carbocycles. The fourth-order valence-electron chi connectivity index (χ4n) is 7.49. The summed E-state index contributed by atoms with van der Waals surface area (Å²) in [5, 5.41) is 3.34. The third-order valence-electron chi connectivity index (χ3n) is 10.0. The molecule has 0 spiro atoms. The highest BCUT2D eigenvalue weighted by Gasteiger charge is 2.29. The van der Waals surface area contributed by atoms with Gasteiger partial charge in [-0.3, -0.25) is 19.4 Å². The molecular formula is C40H87FN4. The monoisotopic (exact) mass is 643 g/mol. The van der Waals surface area contributed by atoms with Crippen LogP contribution in [0.4, 0.5) is 4.70 Å². The van der Waals surface area contributed by atoms with Crippen LogP contribution >= 0.6 is 0 Å². The lowest BCUT2D eigenvalue weighted by Crippen LogP contribution is -2.46. The minimum Gasteiger partial charge on any atom is -0.314 e. The van der Waals surface area contributed by atoms with Crippen molar-refractivity contribution in [2.75, 3.05) is 26.2 Å². The predicted octanol–water partition coefficient (Wildman–Crippen LogP) is 10.5. The summed E-state index contributed by atoms with van der Waals surface area (Å²) >= 11 is 0. The average Bonchev–Trinajstić information content (AvgIpc) is 3.31. The zero-order valence-electron chi connectivity index (χ0n) is 33.8. The van der Waals surface area contributed by atoms with Crippen LogP contribution in [0.1, 0.15) is 169 Å². The van der Waals surface area contributed by atoms with Crippen molar-refractivity contribution in [1.29, 1.82) is 0 Å². The number of nitrogens with one attached hydrogen (secondary N) is 1. The van der Waals surface area contributed by atoms with E-state index in [4.69, 9.17) is 0 Å². The third-order valence-corrected chi connectivity index (χ3v) is 10.0. The summed E-state index contributed by atoms with van der Waals surface area (Å²) in [4.78, 5) is 8.02. The first kappa shape index (κ1) is 46.9. The van der Waals surface area contributed by atoms with E-state index in [1.54, 1.807) is 0 Å². The number of hydrogen-bond donors (Lipinski definition) is 1. The number of piperidine rings is 1. The molecule has 3 atom stereocenters. The van der Waals surface area contributed by atoms with Gasteiger partial charge < -0.3 is 5.32 Å². The molecule has 0 bridgehead atoms. The van der Waals surface area contributed by atoms with Gasteiger partial charge in [-0.15, -0.1) is 0 Å². The summed E-state index contributed by atoms with van der Waals surface area (Å²) in [6, 6.07) is 5.38. The highest BCUT2D eigenvalue weighted by Crippen LogP contribution is 2.26. The van der Waals surface area contributed by atoms with E-state index in [-0.39, 0.29) is 4.70 Å². The van der Waals surface area contributed by atoms with Gasteiger partial charge in [-0.25, -0.2) is 0 Å². The normalized spacial score (nSPS) is 23.6. The first-order valence-corrected chi connectivity index (χ1v) is 19.5. The van der Waals surface area contributed by atoms with E-state index in [2.05, 4.69) is 131 Å². The van der Waals surface area contributed by atoms with Crippen LogP contribution in [0.3, 0.4) is 0 Å². The van der Waals surface area contributed by atoms with Crippen molar-refractivity contribution in [1.82, 2.24) is 20.0 Å². The molecule has 4 nitrogen and oxygen atoms in total. The van der Waals surface area contributed by atoms with Crippen LogP contribution < -0.4 is 5.32 Å². The second-order valence-corrected chi connectivity index (χ2v) is 16.9. The van der Waals surface area contributed by atoms with Gasteiger partial charge >= 0.3 is 0 Å². The fraction of sp³-hybridized carbons (Fsp3) is 1.00. The lowest BCUT2D eigenvalue weighted by Gasteiger charge is -2.40. The van der Waals surface area contributed by atoms with E-state index in [1.165, 1.54) is 77.4 Å². The Morgan fingerprint density at radius 3 is 1.04 bits per heavy atom. The van der Waals surface area contributed by atoms with Crippen LogP contribution in [0.2, 0.25) is 0 Å². The van der Waals surface area contributed by atoms with Gasteiger partial charge in [-0.2, -0.15) is 0 Å². The first-order valence-electron chi connectivity index (χ1n) is 19.5. The Balaban J connectivity index is 0. The summed E-state index contributed by atoms with van der Waals surface area (Å²) in [7, 11) is 0. The maximum Gasteiger partial charge on any atom is 0.0121 e. The molecule has 3 unspecified atom stereocenters. The smallest absolute Gasteiger partial charge is 0.0121 e. The number of halogens is 1. The number of nitrogens with zero attached hydrogens (tertiary/aromatic N) is 3. The Morgan fingerprint density at radius 2 is 0.756 bits per heavy atom. The Morgan fingerprint density at radius 1 is 0.444 bits per heavy atom. The van der Waals surface area contributed by atoms with Crippen molar-refractivity contribution in [3.05, 3.63) is 0 Å². The highest BCUT2D eigenvalue weighted by molar-refractivity contribution is 4.84. The van der Waals surface area contributed by atoms with E-state index in [0.29, 0.717) is 6.04 Å². The van der Waals surface area contributed by atoms with Crippen LogP contribution in [-0.4, -0.2) is 83.2 Å². The van der Waals surface area contributed by atoms with E-state index in [0.717, 1.165) is 66.5 Å². The van der Waals surface area contributed by atoms with Crippen molar-refractivity contribution in [3.63, 3.8) is 0 Å². The molecule has 3 aliphatic heterocycles. The number of rotatable bonds is 9. The number of hydrogen-bond acceptors (Lipinski definition) is 4. The molecule has 3 heterocycles. The summed E-state index contributed by atoms with van der Waals surface area (Å²) in [5.74, 6) is 3.26. The van der Waals surface area contributed by atoms with Gasteiger partial charge in [-0.05, 0) is 130 Å². The second-order valence-electron chi connectivity index (χ2n) is 16.9. The van der Waals surface area contributed by atoms with E-state index < -0.39 is 0 Å². The van der Waals surface area contributed by atoms with Gasteiger partial charge in [-0.1, -0.05) is 88.5 Å². The molecule has 3 rings (SSSR count). The fourth-order valence-corrected chi connectivity index (χ4v) is 7.49. The number of likely N-dealkylation sites (tertiary alicyclic amines) is 3. The summed E-state index contributed by atoms with van der Waals surface area (Å²) in [5.41, 5.74) is 0. The van der Waals surface area contributed by atoms with E-state index >= 15 is 0 Å². The molecule has 3 fully saturated rings. The highest BCUT2D eigenvalue weighted by atomic mass is 19.0. The molecule has 5 heteroatoms. The van der Waals surface area contributed by atoms with Gasteiger partial charge in [0, 0.05) is 42.3 Å². The summed E-state index contributed by atoms with van der Waals surface area (Å²) in [6.45, 7) is 41.9. The van der Waals surface area contributed by atoms with Gasteiger partial charge in [0.15, 0.2) is 0 Å². The molecule has 0 radical (unpaired) electrons. The minimum atomic E-state index is 0. The molecule has 0 aromatic carbocycles. The van der Waals surface area contributed by atoms with Crippen molar-refractivity contribution in [2.45, 2.75) is 211 Å². The first-order chi connectivity index (χ1) is 20.5. The van der Waals surface area contributed by atoms with Gasteiger partial charge in [0.05, 0.1) is 0 Å². The van der Waals surface area contributed by atoms with E-state index in [1.807, 2.05) is 0 Å². The topological polar surface area (TPSA) is 21.8 Å². The van der Waals surface area contributed by atoms with Crippen molar-refractivity contribution in [2.24, 2.45) is 23.7 Å². The van der Waals surface area contributed by atoms with Gasteiger partial charge in [0.2, 0.25) is 0 Å². The van der Waals surface area contributed by atoms with Crippen molar-refractivity contribution in [3.8, 4) is 0 Å². The molecular weight excluding hydrogens is 555 g/mol. The Hall–Kier alpha value is -0.230. The SMILES string of the molecule is CC(C)C1CCCCCN1C(C)C.CC(C)C1CCCCN1C(C)C.CC(C)C1CCCN1C(C)C.CC(C)CNC(C)C.F. The van der Waals surface area contributed by atoms with Crippen LogP contribution in [0.15, 0.2) is 0 Å². The van der Waals surface area contributed by atoms with Crippen molar-refractivity contribution < 1.29 is 4.70 Å². The molecule has 3 aliphatic rings. The van der Waals surface area contributed by atoms with Crippen LogP contribution in [0.25, 0.3) is 0 Å². The molecule has 274 valence electrons. The maximum absolute atomic E-state index is 3.34. The minimum absolute atomic E-state index is 0. The third kappa shape index (κ3) is 20.0. The maximum atomic E-state index is 3.34. The van der Waals surface area contributed by atoms with Gasteiger partial charge in [0.25, 0.3) is 0 Å². The molecule has 45 heavy (non-hydrogen) atoms. The van der Waals surface area contributed by atoms with Crippen LogP contribution in [0, 0.1) is 23.7 Å². The zero-order valence-corrected chi connectivity index (χ0v) is 33.8. The molecule has 1 N–H and O–H groups in total. The van der Waals surface area contributed by atoms with Crippen LogP contribution in [-0.2, 0) is 0 Å². The largest absolute Gasteiger partial charge is 0.314 e. The standard InChI is InChI=1S/C12H25N.C11H23N.C10H21N.C7H17N.FH/c1-10(2)12-8-6-5-7-9-13(12)11(3)4;1-9(2)11-7-5-6-8-12(11)10(3)4;1-8(2)10-6-5-7-11(10)9(3)4;1-6(2)5-8-7(3)4;/h10-12H,5-9H2,1-4H3;9-11H,5-8H2,1-4H3;8-10H,5-7H2,1-4H3;6-8H,5H2,1-4H3;1H. The van der Waals surface area contributed by atoms with Crippen molar-refractivity contribution >= 4 is 0 Å². The lowest BCUT2D eigenvalue weighted by molar-refractivity contribution is 0.0808. The Labute approximate surface area is 285 Å².